The smallest absolute Gasteiger partial charge is 0.224 e. The summed E-state index contributed by atoms with van der Waals surface area (Å²) in [5.41, 5.74) is 0. The second kappa shape index (κ2) is 5.11. The normalized spacial score (nSPS) is 30.1. The van der Waals surface area contributed by atoms with Crippen molar-refractivity contribution in [3.8, 4) is 0 Å². The third-order valence-electron chi connectivity index (χ3n) is 2.38. The molecule has 0 aromatic heterocycles. The highest BCUT2D eigenvalue weighted by Crippen LogP contribution is 2.26. The lowest BCUT2D eigenvalue weighted by atomic mass is 10.1. The number of amides is 1. The summed E-state index contributed by atoms with van der Waals surface area (Å²) in [7, 11) is 0. The molecule has 1 rings (SSSR count). The predicted octanol–water partition coefficient (Wildman–Crippen LogP) is 1.87. The molecule has 1 heterocycles. The van der Waals surface area contributed by atoms with Crippen molar-refractivity contribution in [1.29, 1.82) is 0 Å². The van der Waals surface area contributed by atoms with E-state index >= 15 is 0 Å². The van der Waals surface area contributed by atoms with Gasteiger partial charge in [-0.1, -0.05) is 13.8 Å². The Labute approximate surface area is 88.8 Å². The minimum absolute atomic E-state index is 0.0699. The molecular formula is C9H16ClNOS. The highest BCUT2D eigenvalue weighted by molar-refractivity contribution is 8.00. The maximum atomic E-state index is 11.5. The van der Waals surface area contributed by atoms with Gasteiger partial charge in [-0.2, -0.15) is 11.8 Å². The maximum absolute atomic E-state index is 11.5. The van der Waals surface area contributed by atoms with E-state index in [1.807, 2.05) is 18.7 Å². The van der Waals surface area contributed by atoms with Crippen LogP contribution in [0.5, 0.6) is 0 Å². The SMILES string of the molecule is CC(CCl)C(=O)NC1CCSC1C. The largest absolute Gasteiger partial charge is 0.352 e. The molecule has 0 aromatic carbocycles. The molecule has 3 atom stereocenters. The number of nitrogens with one attached hydrogen (secondary N) is 1. The minimum atomic E-state index is -0.0699. The highest BCUT2D eigenvalue weighted by Gasteiger charge is 2.26. The van der Waals surface area contributed by atoms with Crippen molar-refractivity contribution in [2.75, 3.05) is 11.6 Å². The molecule has 0 aliphatic carbocycles. The first-order chi connectivity index (χ1) is 6.15. The molecule has 1 amide bonds. The highest BCUT2D eigenvalue weighted by atomic mass is 35.5. The number of alkyl halides is 1. The average molecular weight is 222 g/mol. The van der Waals surface area contributed by atoms with Crippen molar-refractivity contribution >= 4 is 29.3 Å². The molecular weight excluding hydrogens is 206 g/mol. The van der Waals surface area contributed by atoms with E-state index in [9.17, 15) is 4.79 Å². The van der Waals surface area contributed by atoms with Crippen LogP contribution in [0.1, 0.15) is 20.3 Å². The molecule has 76 valence electrons. The molecule has 0 bridgehead atoms. The van der Waals surface area contributed by atoms with Gasteiger partial charge in [0.15, 0.2) is 0 Å². The Morgan fingerprint density at radius 2 is 2.46 bits per heavy atom. The summed E-state index contributed by atoms with van der Waals surface area (Å²) in [5, 5.41) is 3.58. The van der Waals surface area contributed by atoms with E-state index in [1.165, 1.54) is 0 Å². The van der Waals surface area contributed by atoms with Crippen LogP contribution in [-0.4, -0.2) is 28.8 Å². The van der Waals surface area contributed by atoms with E-state index in [0.29, 0.717) is 17.2 Å². The molecule has 1 fully saturated rings. The van der Waals surface area contributed by atoms with Gasteiger partial charge in [-0.05, 0) is 12.2 Å². The number of carbonyl (C=O) groups is 1. The quantitative estimate of drug-likeness (QED) is 0.738. The number of thioether (sulfide) groups is 1. The molecule has 0 radical (unpaired) electrons. The minimum Gasteiger partial charge on any atom is -0.352 e. The fourth-order valence-corrected chi connectivity index (χ4v) is 2.65. The second-order valence-corrected chi connectivity index (χ2v) is 5.33. The van der Waals surface area contributed by atoms with Crippen molar-refractivity contribution in [3.05, 3.63) is 0 Å². The third-order valence-corrected chi connectivity index (χ3v) is 4.17. The monoisotopic (exact) mass is 221 g/mol. The van der Waals surface area contributed by atoms with Crippen LogP contribution in [0.15, 0.2) is 0 Å². The molecule has 1 saturated heterocycles. The van der Waals surface area contributed by atoms with Crippen LogP contribution in [0.4, 0.5) is 0 Å². The first-order valence-corrected chi connectivity index (χ1v) is 6.21. The van der Waals surface area contributed by atoms with Crippen LogP contribution < -0.4 is 5.32 Å². The molecule has 0 spiro atoms. The molecule has 0 aromatic rings. The summed E-state index contributed by atoms with van der Waals surface area (Å²) in [6.07, 6.45) is 1.09. The van der Waals surface area contributed by atoms with E-state index in [1.54, 1.807) is 0 Å². The topological polar surface area (TPSA) is 29.1 Å². The molecule has 4 heteroatoms. The van der Waals surface area contributed by atoms with E-state index in [2.05, 4.69) is 12.2 Å². The summed E-state index contributed by atoms with van der Waals surface area (Å²) in [4.78, 5) is 11.5. The summed E-state index contributed by atoms with van der Waals surface area (Å²) in [6, 6.07) is 0.350. The van der Waals surface area contributed by atoms with Gasteiger partial charge in [0.2, 0.25) is 5.91 Å². The van der Waals surface area contributed by atoms with Crippen molar-refractivity contribution in [2.24, 2.45) is 5.92 Å². The zero-order valence-electron chi connectivity index (χ0n) is 8.05. The van der Waals surface area contributed by atoms with Gasteiger partial charge in [-0.3, -0.25) is 4.79 Å². The van der Waals surface area contributed by atoms with Gasteiger partial charge in [0.25, 0.3) is 0 Å². The molecule has 13 heavy (non-hydrogen) atoms. The van der Waals surface area contributed by atoms with Gasteiger partial charge < -0.3 is 5.32 Å². The molecule has 0 saturated carbocycles. The number of rotatable bonds is 3. The summed E-state index contributed by atoms with van der Waals surface area (Å²) in [5.74, 6) is 1.58. The third kappa shape index (κ3) is 3.06. The van der Waals surface area contributed by atoms with E-state index in [-0.39, 0.29) is 11.8 Å². The Morgan fingerprint density at radius 1 is 1.77 bits per heavy atom. The first-order valence-electron chi connectivity index (χ1n) is 4.63. The maximum Gasteiger partial charge on any atom is 0.224 e. The lowest BCUT2D eigenvalue weighted by Crippen LogP contribution is -2.41. The summed E-state index contributed by atoms with van der Waals surface area (Å²) < 4.78 is 0. The van der Waals surface area contributed by atoms with Gasteiger partial charge in [-0.15, -0.1) is 11.6 Å². The van der Waals surface area contributed by atoms with Crippen molar-refractivity contribution in [1.82, 2.24) is 5.32 Å². The van der Waals surface area contributed by atoms with Gasteiger partial charge in [0.1, 0.15) is 0 Å². The van der Waals surface area contributed by atoms with Crippen LogP contribution in [0.25, 0.3) is 0 Å². The molecule has 1 aliphatic rings. The van der Waals surface area contributed by atoms with Gasteiger partial charge in [0.05, 0.1) is 0 Å². The summed E-state index contributed by atoms with van der Waals surface area (Å²) >= 11 is 7.52. The Kier molecular flexibility index (Phi) is 4.39. The van der Waals surface area contributed by atoms with Crippen LogP contribution in [0, 0.1) is 5.92 Å². The predicted molar refractivity (Wildman–Crippen MR) is 58.4 cm³/mol. The Bertz CT molecular complexity index is 188. The van der Waals surface area contributed by atoms with Crippen LogP contribution in [0.3, 0.4) is 0 Å². The fraction of sp³-hybridized carbons (Fsp3) is 0.889. The lowest BCUT2D eigenvalue weighted by Gasteiger charge is -2.18. The van der Waals surface area contributed by atoms with Gasteiger partial charge in [-0.25, -0.2) is 0 Å². The summed E-state index contributed by atoms with van der Waals surface area (Å²) in [6.45, 7) is 4.02. The van der Waals surface area contributed by atoms with Crippen molar-refractivity contribution < 1.29 is 4.79 Å². The number of hydrogen-bond acceptors (Lipinski definition) is 2. The van der Waals surface area contributed by atoms with Crippen LogP contribution in [0.2, 0.25) is 0 Å². The number of hydrogen-bond donors (Lipinski definition) is 1. The van der Waals surface area contributed by atoms with Crippen molar-refractivity contribution in [3.63, 3.8) is 0 Å². The molecule has 1 N–H and O–H groups in total. The van der Waals surface area contributed by atoms with E-state index < -0.39 is 0 Å². The van der Waals surface area contributed by atoms with Crippen LogP contribution >= 0.6 is 23.4 Å². The van der Waals surface area contributed by atoms with Crippen molar-refractivity contribution in [2.45, 2.75) is 31.6 Å². The first kappa shape index (κ1) is 11.2. The van der Waals surface area contributed by atoms with Gasteiger partial charge in [0, 0.05) is 23.1 Å². The Morgan fingerprint density at radius 3 is 2.92 bits per heavy atom. The fourth-order valence-electron chi connectivity index (χ4n) is 1.32. The second-order valence-electron chi connectivity index (χ2n) is 3.54. The zero-order chi connectivity index (χ0) is 9.84. The lowest BCUT2D eigenvalue weighted by molar-refractivity contribution is -0.124. The molecule has 3 unspecified atom stereocenters. The Hall–Kier alpha value is 0.110. The van der Waals surface area contributed by atoms with E-state index in [4.69, 9.17) is 11.6 Å². The molecule has 1 aliphatic heterocycles. The van der Waals surface area contributed by atoms with E-state index in [0.717, 1.165) is 12.2 Å². The molecule has 2 nitrogen and oxygen atoms in total. The van der Waals surface area contributed by atoms with Crippen LogP contribution in [-0.2, 0) is 4.79 Å². The number of carbonyl (C=O) groups excluding carboxylic acids is 1. The standard InChI is InChI=1S/C9H16ClNOS/c1-6(5-10)9(12)11-8-3-4-13-7(8)2/h6-8H,3-5H2,1-2H3,(H,11,12). The average Bonchev–Trinajstić information content (AvgIpc) is 2.50. The Balaban J connectivity index is 2.35. The van der Waals surface area contributed by atoms with Gasteiger partial charge >= 0.3 is 0 Å². The number of halogens is 1. The zero-order valence-corrected chi connectivity index (χ0v) is 9.62.